The Bertz CT molecular complexity index is 544. The first-order chi connectivity index (χ1) is 7.88. The molecule has 17 heavy (non-hydrogen) atoms. The fourth-order valence-corrected chi connectivity index (χ4v) is 2.37. The van der Waals surface area contributed by atoms with Crippen LogP contribution < -0.4 is 5.73 Å². The number of hydrogen-bond acceptors (Lipinski definition) is 3. The summed E-state index contributed by atoms with van der Waals surface area (Å²) in [5, 5.41) is 2.20. The molecule has 2 rings (SSSR count). The minimum atomic E-state index is -0.585. The summed E-state index contributed by atoms with van der Waals surface area (Å²) < 4.78 is 26.6. The van der Waals surface area contributed by atoms with Crippen molar-refractivity contribution in [3.05, 3.63) is 40.9 Å². The molecule has 0 bridgehead atoms. The van der Waals surface area contributed by atoms with Crippen molar-refractivity contribution in [2.75, 3.05) is 0 Å². The summed E-state index contributed by atoms with van der Waals surface area (Å²) in [6.45, 7) is 3.63. The Labute approximate surface area is 102 Å². The number of aromatic nitrogens is 1. The number of rotatable bonds is 2. The number of benzene rings is 1. The van der Waals surface area contributed by atoms with Gasteiger partial charge in [-0.3, -0.25) is 0 Å². The zero-order chi connectivity index (χ0) is 12.6. The van der Waals surface area contributed by atoms with Crippen LogP contribution in [0.15, 0.2) is 23.6 Å². The fourth-order valence-electron chi connectivity index (χ4n) is 1.35. The number of nitrogens with two attached hydrogens (primary N) is 1. The van der Waals surface area contributed by atoms with Crippen molar-refractivity contribution in [2.24, 2.45) is 5.73 Å². The molecule has 0 saturated heterocycles. The van der Waals surface area contributed by atoms with E-state index >= 15 is 0 Å². The van der Waals surface area contributed by atoms with Crippen molar-refractivity contribution in [3.63, 3.8) is 0 Å². The lowest BCUT2D eigenvalue weighted by Crippen LogP contribution is -2.28. The molecular formula is C12H12F2N2S. The maximum Gasteiger partial charge on any atom is 0.133 e. The van der Waals surface area contributed by atoms with Gasteiger partial charge >= 0.3 is 0 Å². The molecule has 0 unspecified atom stereocenters. The molecule has 0 atom stereocenters. The zero-order valence-electron chi connectivity index (χ0n) is 9.50. The van der Waals surface area contributed by atoms with Gasteiger partial charge in [-0.2, -0.15) is 0 Å². The van der Waals surface area contributed by atoms with Gasteiger partial charge in [0, 0.05) is 10.9 Å². The van der Waals surface area contributed by atoms with Crippen molar-refractivity contribution >= 4 is 11.3 Å². The molecular weight excluding hydrogens is 242 g/mol. The van der Waals surface area contributed by atoms with E-state index in [9.17, 15) is 8.78 Å². The summed E-state index contributed by atoms with van der Waals surface area (Å²) in [6.07, 6.45) is 0. The Morgan fingerprint density at radius 2 is 2.00 bits per heavy atom. The molecule has 1 aromatic heterocycles. The van der Waals surface area contributed by atoms with E-state index in [0.29, 0.717) is 10.7 Å². The molecule has 1 aromatic carbocycles. The van der Waals surface area contributed by atoms with Gasteiger partial charge in [0.2, 0.25) is 0 Å². The first-order valence-electron chi connectivity index (χ1n) is 5.08. The van der Waals surface area contributed by atoms with Crippen LogP contribution >= 0.6 is 11.3 Å². The second kappa shape index (κ2) is 4.16. The summed E-state index contributed by atoms with van der Waals surface area (Å²) >= 11 is 1.25. The van der Waals surface area contributed by atoms with E-state index in [1.165, 1.54) is 11.3 Å². The van der Waals surface area contributed by atoms with Crippen LogP contribution in [0.3, 0.4) is 0 Å². The van der Waals surface area contributed by atoms with E-state index in [2.05, 4.69) is 4.98 Å². The standard InChI is InChI=1S/C12H12F2N2S/c1-12(2,15)10-6-17-11(16-10)8-5-7(13)3-4-9(8)14/h3-6H,15H2,1-2H3. The van der Waals surface area contributed by atoms with E-state index in [4.69, 9.17) is 5.73 Å². The van der Waals surface area contributed by atoms with Gasteiger partial charge in [-0.1, -0.05) is 0 Å². The Hall–Kier alpha value is -1.33. The second-order valence-corrected chi connectivity index (χ2v) is 5.24. The molecule has 0 amide bonds. The molecule has 0 fully saturated rings. The third-order valence-electron chi connectivity index (χ3n) is 2.32. The number of nitrogens with zero attached hydrogens (tertiary/aromatic N) is 1. The molecule has 0 aliphatic rings. The van der Waals surface area contributed by atoms with Crippen molar-refractivity contribution in [3.8, 4) is 10.6 Å². The molecule has 90 valence electrons. The molecule has 0 aliphatic carbocycles. The lowest BCUT2D eigenvalue weighted by molar-refractivity contribution is 0.539. The molecule has 1 heterocycles. The molecule has 0 aliphatic heterocycles. The maximum atomic E-state index is 13.5. The molecule has 0 radical (unpaired) electrons. The summed E-state index contributed by atoms with van der Waals surface area (Å²) in [5.41, 5.74) is 6.15. The minimum Gasteiger partial charge on any atom is -0.321 e. The molecule has 0 saturated carbocycles. The van der Waals surface area contributed by atoms with E-state index in [0.717, 1.165) is 18.2 Å². The predicted molar refractivity (Wildman–Crippen MR) is 64.7 cm³/mol. The van der Waals surface area contributed by atoms with Crippen molar-refractivity contribution in [2.45, 2.75) is 19.4 Å². The number of hydrogen-bond donors (Lipinski definition) is 1. The highest BCUT2D eigenvalue weighted by Gasteiger charge is 2.19. The lowest BCUT2D eigenvalue weighted by atomic mass is 10.0. The van der Waals surface area contributed by atoms with E-state index in [1.54, 1.807) is 5.38 Å². The Balaban J connectivity index is 2.47. The van der Waals surface area contributed by atoms with Gasteiger partial charge in [0.15, 0.2) is 0 Å². The summed E-state index contributed by atoms with van der Waals surface area (Å²) in [4.78, 5) is 4.24. The highest BCUT2D eigenvalue weighted by Crippen LogP contribution is 2.29. The van der Waals surface area contributed by atoms with Crippen LogP contribution in [0, 0.1) is 11.6 Å². The van der Waals surface area contributed by atoms with Crippen LogP contribution in [0.25, 0.3) is 10.6 Å². The normalized spacial score (nSPS) is 11.8. The highest BCUT2D eigenvalue weighted by molar-refractivity contribution is 7.13. The van der Waals surface area contributed by atoms with Gasteiger partial charge in [-0.15, -0.1) is 11.3 Å². The SMILES string of the molecule is CC(C)(N)c1csc(-c2cc(F)ccc2F)n1. The lowest BCUT2D eigenvalue weighted by Gasteiger charge is -2.14. The third-order valence-corrected chi connectivity index (χ3v) is 3.20. The molecule has 2 N–H and O–H groups in total. The average molecular weight is 254 g/mol. The molecule has 2 aromatic rings. The largest absolute Gasteiger partial charge is 0.321 e. The molecule has 5 heteroatoms. The van der Waals surface area contributed by atoms with Gasteiger partial charge in [0.1, 0.15) is 16.6 Å². The molecule has 0 spiro atoms. The van der Waals surface area contributed by atoms with Gasteiger partial charge in [0.05, 0.1) is 11.2 Å². The number of halogens is 2. The van der Waals surface area contributed by atoms with Gasteiger partial charge in [-0.05, 0) is 32.0 Å². The fraction of sp³-hybridized carbons (Fsp3) is 0.250. The summed E-state index contributed by atoms with van der Waals surface area (Å²) in [6, 6.07) is 3.32. The first kappa shape index (κ1) is 12.1. The monoisotopic (exact) mass is 254 g/mol. The van der Waals surface area contributed by atoms with Crippen molar-refractivity contribution < 1.29 is 8.78 Å². The molecule has 2 nitrogen and oxygen atoms in total. The van der Waals surface area contributed by atoms with Crippen LogP contribution in [0.4, 0.5) is 8.78 Å². The first-order valence-corrected chi connectivity index (χ1v) is 5.96. The maximum absolute atomic E-state index is 13.5. The van der Waals surface area contributed by atoms with Crippen molar-refractivity contribution in [1.82, 2.24) is 4.98 Å². The predicted octanol–water partition coefficient (Wildman–Crippen LogP) is 3.28. The Morgan fingerprint density at radius 3 is 2.59 bits per heavy atom. The summed E-state index contributed by atoms with van der Waals surface area (Å²) in [5.74, 6) is -0.965. The van der Waals surface area contributed by atoms with Crippen molar-refractivity contribution in [1.29, 1.82) is 0 Å². The second-order valence-electron chi connectivity index (χ2n) is 4.38. The smallest absolute Gasteiger partial charge is 0.133 e. The Kier molecular flexibility index (Phi) is 2.97. The Morgan fingerprint density at radius 1 is 1.29 bits per heavy atom. The quantitative estimate of drug-likeness (QED) is 0.893. The van der Waals surface area contributed by atoms with Crippen LogP contribution in [0.2, 0.25) is 0 Å². The minimum absolute atomic E-state index is 0.172. The van der Waals surface area contributed by atoms with Crippen LogP contribution in [-0.2, 0) is 5.54 Å². The average Bonchev–Trinajstić information content (AvgIpc) is 2.70. The van der Waals surface area contributed by atoms with Gasteiger partial charge in [0.25, 0.3) is 0 Å². The van der Waals surface area contributed by atoms with Crippen LogP contribution in [0.5, 0.6) is 0 Å². The van der Waals surface area contributed by atoms with Gasteiger partial charge < -0.3 is 5.73 Å². The van der Waals surface area contributed by atoms with E-state index in [1.807, 2.05) is 13.8 Å². The van der Waals surface area contributed by atoms with E-state index < -0.39 is 17.2 Å². The third kappa shape index (κ3) is 2.50. The zero-order valence-corrected chi connectivity index (χ0v) is 10.3. The van der Waals surface area contributed by atoms with Crippen LogP contribution in [-0.4, -0.2) is 4.98 Å². The summed E-state index contributed by atoms with van der Waals surface area (Å²) in [7, 11) is 0. The van der Waals surface area contributed by atoms with E-state index in [-0.39, 0.29) is 5.56 Å². The van der Waals surface area contributed by atoms with Crippen LogP contribution in [0.1, 0.15) is 19.5 Å². The topological polar surface area (TPSA) is 38.9 Å². The number of thiazole rings is 1. The highest BCUT2D eigenvalue weighted by atomic mass is 32.1. The van der Waals surface area contributed by atoms with Gasteiger partial charge in [-0.25, -0.2) is 13.8 Å².